The maximum atomic E-state index is 12.6. The quantitative estimate of drug-likeness (QED) is 0.832. The van der Waals surface area contributed by atoms with E-state index < -0.39 is 5.60 Å². The lowest BCUT2D eigenvalue weighted by Crippen LogP contribution is -2.46. The predicted molar refractivity (Wildman–Crippen MR) is 95.8 cm³/mol. The lowest BCUT2D eigenvalue weighted by atomic mass is 10.0. The first-order valence-electron chi connectivity index (χ1n) is 8.82. The van der Waals surface area contributed by atoms with Crippen molar-refractivity contribution in [1.82, 2.24) is 20.0 Å². The first kappa shape index (κ1) is 18.3. The van der Waals surface area contributed by atoms with E-state index in [-0.39, 0.29) is 18.2 Å². The number of likely N-dealkylation sites (N-methyl/N-ethyl adjacent to an activating group) is 1. The molecule has 0 aliphatic carbocycles. The number of carbonyl (C=O) groups excluding carboxylic acids is 1. The zero-order chi connectivity index (χ0) is 18.7. The lowest BCUT2D eigenvalue weighted by Gasteiger charge is -2.28. The first-order chi connectivity index (χ1) is 12.4. The van der Waals surface area contributed by atoms with E-state index in [1.54, 1.807) is 31.6 Å². The molecule has 0 aromatic carbocycles. The topological polar surface area (TPSA) is 95.6 Å². The number of amides is 1. The van der Waals surface area contributed by atoms with Gasteiger partial charge < -0.3 is 19.4 Å². The third-order valence-electron chi connectivity index (χ3n) is 4.43. The fourth-order valence-corrected chi connectivity index (χ4v) is 3.24. The molecule has 1 N–H and O–H groups in total. The molecule has 3 heterocycles. The van der Waals surface area contributed by atoms with E-state index in [4.69, 9.17) is 4.52 Å². The normalized spacial score (nSPS) is 20.0. The summed E-state index contributed by atoms with van der Waals surface area (Å²) in [5.41, 5.74) is -0.242. The summed E-state index contributed by atoms with van der Waals surface area (Å²) in [5, 5.41) is 14.8. The fraction of sp³-hybridized carbons (Fsp3) is 0.556. The summed E-state index contributed by atoms with van der Waals surface area (Å²) in [6.07, 6.45) is 4.65. The number of rotatable bonds is 6. The second-order valence-corrected chi connectivity index (χ2v) is 7.39. The van der Waals surface area contributed by atoms with Crippen LogP contribution in [0.5, 0.6) is 0 Å². The molecule has 1 aliphatic heterocycles. The Morgan fingerprint density at radius 2 is 2.15 bits per heavy atom. The summed E-state index contributed by atoms with van der Waals surface area (Å²) in [4.78, 5) is 24.4. The van der Waals surface area contributed by atoms with Crippen LogP contribution in [0, 0.1) is 5.92 Å². The van der Waals surface area contributed by atoms with Crippen LogP contribution in [0.15, 0.2) is 29.0 Å². The highest BCUT2D eigenvalue weighted by Gasteiger charge is 2.39. The van der Waals surface area contributed by atoms with E-state index in [2.05, 4.69) is 29.0 Å². The van der Waals surface area contributed by atoms with Gasteiger partial charge in [0.25, 0.3) is 5.91 Å². The SMILES string of the molecule is CC(C)Cc1cc(C(=O)N(C)C[C@]2(O)CCN(c3ncccn3)C2)on1. The molecular weight excluding hydrogens is 334 g/mol. The fourth-order valence-electron chi connectivity index (χ4n) is 3.24. The molecule has 0 bridgehead atoms. The second-order valence-electron chi connectivity index (χ2n) is 7.39. The Balaban J connectivity index is 1.61. The van der Waals surface area contributed by atoms with Gasteiger partial charge in [-0.1, -0.05) is 19.0 Å². The van der Waals surface area contributed by atoms with Gasteiger partial charge in [0.15, 0.2) is 0 Å². The van der Waals surface area contributed by atoms with Crippen molar-refractivity contribution in [3.63, 3.8) is 0 Å². The first-order valence-corrected chi connectivity index (χ1v) is 8.82. The average molecular weight is 359 g/mol. The van der Waals surface area contributed by atoms with Crippen LogP contribution >= 0.6 is 0 Å². The van der Waals surface area contributed by atoms with Gasteiger partial charge in [-0.2, -0.15) is 0 Å². The van der Waals surface area contributed by atoms with Crippen LogP contribution in [0.25, 0.3) is 0 Å². The highest BCUT2D eigenvalue weighted by atomic mass is 16.5. The van der Waals surface area contributed by atoms with Crippen LogP contribution in [0.3, 0.4) is 0 Å². The molecule has 1 atom stereocenters. The van der Waals surface area contributed by atoms with Gasteiger partial charge in [-0.3, -0.25) is 4.79 Å². The van der Waals surface area contributed by atoms with Crippen molar-refractivity contribution in [2.24, 2.45) is 5.92 Å². The predicted octanol–water partition coefficient (Wildman–Crippen LogP) is 1.38. The Kier molecular flexibility index (Phi) is 5.22. The minimum absolute atomic E-state index is 0.202. The van der Waals surface area contributed by atoms with Crippen LogP contribution in [-0.4, -0.2) is 63.3 Å². The molecule has 140 valence electrons. The average Bonchev–Trinajstić information content (AvgIpc) is 3.21. The number of β-amino-alcohol motifs (C(OH)–C–C–N with tert-alkyl or cyclic N) is 1. The number of aromatic nitrogens is 3. The lowest BCUT2D eigenvalue weighted by molar-refractivity contribution is 0.0247. The number of anilines is 1. The molecule has 8 nitrogen and oxygen atoms in total. The molecule has 0 saturated carbocycles. The van der Waals surface area contributed by atoms with Crippen molar-refractivity contribution < 1.29 is 14.4 Å². The zero-order valence-electron chi connectivity index (χ0n) is 15.4. The van der Waals surface area contributed by atoms with Gasteiger partial charge in [-0.25, -0.2) is 9.97 Å². The minimum atomic E-state index is -1.01. The Morgan fingerprint density at radius 1 is 1.42 bits per heavy atom. The Bertz CT molecular complexity index is 748. The zero-order valence-corrected chi connectivity index (χ0v) is 15.4. The molecule has 1 saturated heterocycles. The van der Waals surface area contributed by atoms with Gasteiger partial charge in [0.1, 0.15) is 5.60 Å². The van der Waals surface area contributed by atoms with E-state index in [1.165, 1.54) is 4.90 Å². The summed E-state index contributed by atoms with van der Waals surface area (Å²) < 4.78 is 5.18. The van der Waals surface area contributed by atoms with Crippen LogP contribution in [-0.2, 0) is 6.42 Å². The number of carbonyl (C=O) groups is 1. The van der Waals surface area contributed by atoms with Gasteiger partial charge in [0.2, 0.25) is 11.7 Å². The van der Waals surface area contributed by atoms with E-state index in [9.17, 15) is 9.90 Å². The molecule has 26 heavy (non-hydrogen) atoms. The monoisotopic (exact) mass is 359 g/mol. The van der Waals surface area contributed by atoms with Gasteiger partial charge >= 0.3 is 0 Å². The van der Waals surface area contributed by atoms with Gasteiger partial charge in [-0.15, -0.1) is 0 Å². The molecule has 1 amide bonds. The van der Waals surface area contributed by atoms with Crippen molar-refractivity contribution in [2.75, 3.05) is 31.6 Å². The molecule has 1 aliphatic rings. The third kappa shape index (κ3) is 4.19. The summed E-state index contributed by atoms with van der Waals surface area (Å²) in [6.45, 7) is 5.39. The highest BCUT2D eigenvalue weighted by molar-refractivity contribution is 5.91. The molecule has 2 aromatic rings. The van der Waals surface area contributed by atoms with Crippen molar-refractivity contribution in [3.8, 4) is 0 Å². The van der Waals surface area contributed by atoms with E-state index in [0.717, 1.165) is 12.1 Å². The Labute approximate surface area is 152 Å². The summed E-state index contributed by atoms with van der Waals surface area (Å²) >= 11 is 0. The Hall–Kier alpha value is -2.48. The molecule has 1 fully saturated rings. The second kappa shape index (κ2) is 7.41. The molecule has 0 radical (unpaired) electrons. The van der Waals surface area contributed by atoms with Gasteiger partial charge in [0, 0.05) is 32.1 Å². The van der Waals surface area contributed by atoms with Gasteiger partial charge in [-0.05, 0) is 24.8 Å². The number of hydrogen-bond acceptors (Lipinski definition) is 7. The van der Waals surface area contributed by atoms with Crippen LogP contribution in [0.1, 0.15) is 36.5 Å². The van der Waals surface area contributed by atoms with E-state index in [0.29, 0.717) is 31.4 Å². The third-order valence-corrected chi connectivity index (χ3v) is 4.43. The molecule has 0 unspecified atom stereocenters. The summed E-state index contributed by atoms with van der Waals surface area (Å²) in [7, 11) is 1.66. The standard InChI is InChI=1S/C18H25N5O3/c1-13(2)9-14-10-15(26-21-14)16(24)22(3)11-18(25)5-8-23(12-18)17-19-6-4-7-20-17/h4,6-7,10,13,25H,5,8-9,11-12H2,1-3H3/t18-/m1/s1. The van der Waals surface area contributed by atoms with Crippen molar-refractivity contribution in [1.29, 1.82) is 0 Å². The molecule has 8 heteroatoms. The van der Waals surface area contributed by atoms with E-state index in [1.807, 2.05) is 4.90 Å². The number of hydrogen-bond donors (Lipinski definition) is 1. The maximum absolute atomic E-state index is 12.6. The number of nitrogens with zero attached hydrogens (tertiary/aromatic N) is 5. The van der Waals surface area contributed by atoms with E-state index >= 15 is 0 Å². The number of aliphatic hydroxyl groups is 1. The largest absolute Gasteiger partial charge is 0.386 e. The molecule has 0 spiro atoms. The van der Waals surface area contributed by atoms with Crippen molar-refractivity contribution >= 4 is 11.9 Å². The smallest absolute Gasteiger partial charge is 0.292 e. The van der Waals surface area contributed by atoms with Crippen LogP contribution in [0.2, 0.25) is 0 Å². The Morgan fingerprint density at radius 3 is 2.85 bits per heavy atom. The molecular formula is C18H25N5O3. The molecule has 2 aromatic heterocycles. The van der Waals surface area contributed by atoms with Crippen LogP contribution < -0.4 is 4.90 Å². The van der Waals surface area contributed by atoms with Crippen molar-refractivity contribution in [2.45, 2.75) is 32.3 Å². The summed E-state index contributed by atoms with van der Waals surface area (Å²) in [5.74, 6) is 0.945. The molecule has 3 rings (SSSR count). The minimum Gasteiger partial charge on any atom is -0.386 e. The highest BCUT2D eigenvalue weighted by Crippen LogP contribution is 2.25. The van der Waals surface area contributed by atoms with Crippen molar-refractivity contribution in [3.05, 3.63) is 36.0 Å². The maximum Gasteiger partial charge on any atom is 0.292 e. The summed E-state index contributed by atoms with van der Waals surface area (Å²) in [6, 6.07) is 3.44. The van der Waals surface area contributed by atoms with Crippen LogP contribution in [0.4, 0.5) is 5.95 Å². The van der Waals surface area contributed by atoms with Gasteiger partial charge in [0.05, 0.1) is 18.8 Å².